The van der Waals surface area contributed by atoms with E-state index in [-0.39, 0.29) is 0 Å². The number of nitrogens with one attached hydrogen (secondary N) is 1. The molecule has 0 radical (unpaired) electrons. The molecule has 6 heteroatoms. The molecule has 0 bridgehead atoms. The summed E-state index contributed by atoms with van der Waals surface area (Å²) >= 11 is 1.59. The van der Waals surface area contributed by atoms with Crippen molar-refractivity contribution in [3.8, 4) is 5.75 Å². The molecule has 1 aromatic rings. The highest BCUT2D eigenvalue weighted by Gasteiger charge is 2.45. The third-order valence-corrected chi connectivity index (χ3v) is 4.32. The number of nitrogens with zero attached hydrogens (tertiary/aromatic N) is 2. The van der Waals surface area contributed by atoms with E-state index in [1.54, 1.807) is 11.8 Å². The maximum absolute atomic E-state index is 10.7. The van der Waals surface area contributed by atoms with Gasteiger partial charge < -0.3 is 20.1 Å². The number of anilines is 1. The Morgan fingerprint density at radius 3 is 3.00 bits per heavy atom. The van der Waals surface area contributed by atoms with Gasteiger partial charge in [-0.2, -0.15) is 0 Å². The van der Waals surface area contributed by atoms with Crippen LogP contribution in [-0.2, 0) is 0 Å². The summed E-state index contributed by atoms with van der Waals surface area (Å²) in [6.07, 6.45) is 0. The number of hydrogen-bond acceptors (Lipinski definition) is 6. The van der Waals surface area contributed by atoms with Crippen molar-refractivity contribution in [3.05, 3.63) is 24.3 Å². The number of thioether (sulfide) groups is 1. The second-order valence-electron chi connectivity index (χ2n) is 4.50. The molecule has 0 spiro atoms. The first-order valence-electron chi connectivity index (χ1n) is 6.39. The van der Waals surface area contributed by atoms with Gasteiger partial charge in [0.15, 0.2) is 5.17 Å². The first kappa shape index (κ1) is 12.6. The molecule has 0 saturated carbocycles. The van der Waals surface area contributed by atoms with Gasteiger partial charge in [-0.25, -0.2) is 0 Å². The van der Waals surface area contributed by atoms with Gasteiger partial charge in [-0.15, -0.1) is 0 Å². The summed E-state index contributed by atoms with van der Waals surface area (Å²) in [5.74, 6) is 0.385. The molecule has 0 aromatic heterocycles. The summed E-state index contributed by atoms with van der Waals surface area (Å²) in [5, 5.41) is 14.8. The molecule has 3 rings (SSSR count). The van der Waals surface area contributed by atoms with Crippen LogP contribution in [-0.4, -0.2) is 46.5 Å². The average molecular weight is 279 g/mol. The molecular weight excluding hydrogens is 262 g/mol. The number of rotatable bonds is 4. The molecule has 0 amide bonds. The van der Waals surface area contributed by atoms with Gasteiger partial charge in [0.25, 0.3) is 0 Å². The Hall–Kier alpha value is -1.40. The lowest BCUT2D eigenvalue weighted by atomic mass is 10.2. The van der Waals surface area contributed by atoms with Crippen LogP contribution in [0.3, 0.4) is 0 Å². The van der Waals surface area contributed by atoms with Gasteiger partial charge in [0, 0.05) is 12.2 Å². The molecule has 5 nitrogen and oxygen atoms in total. The summed E-state index contributed by atoms with van der Waals surface area (Å²) in [6, 6.07) is 7.63. The Balaban J connectivity index is 1.72. The monoisotopic (exact) mass is 279 g/mol. The number of aliphatic hydroxyl groups is 1. The second-order valence-corrected chi connectivity index (χ2v) is 5.45. The molecule has 19 heavy (non-hydrogen) atoms. The first-order valence-corrected chi connectivity index (χ1v) is 7.38. The van der Waals surface area contributed by atoms with E-state index in [1.165, 1.54) is 0 Å². The van der Waals surface area contributed by atoms with Crippen LogP contribution in [0.15, 0.2) is 29.3 Å². The number of benzene rings is 1. The van der Waals surface area contributed by atoms with Gasteiger partial charge in [0.1, 0.15) is 5.75 Å². The lowest BCUT2D eigenvalue weighted by Gasteiger charge is -2.33. The third-order valence-electron chi connectivity index (χ3n) is 3.16. The zero-order valence-electron chi connectivity index (χ0n) is 10.8. The fourth-order valence-electron chi connectivity index (χ4n) is 2.27. The predicted octanol–water partition coefficient (Wildman–Crippen LogP) is 1.56. The van der Waals surface area contributed by atoms with Crippen molar-refractivity contribution in [1.29, 1.82) is 0 Å². The van der Waals surface area contributed by atoms with Crippen LogP contribution in [0.5, 0.6) is 5.75 Å². The topological polar surface area (TPSA) is 57.1 Å². The van der Waals surface area contributed by atoms with Crippen molar-refractivity contribution in [2.75, 3.05) is 30.8 Å². The van der Waals surface area contributed by atoms with Crippen LogP contribution >= 0.6 is 11.8 Å². The van der Waals surface area contributed by atoms with E-state index >= 15 is 0 Å². The average Bonchev–Trinajstić information content (AvgIpc) is 2.98. The van der Waals surface area contributed by atoms with Gasteiger partial charge in [0.2, 0.25) is 5.85 Å². The van der Waals surface area contributed by atoms with Gasteiger partial charge in [-0.3, -0.25) is 4.99 Å². The van der Waals surface area contributed by atoms with Crippen molar-refractivity contribution in [2.24, 2.45) is 4.99 Å². The lowest BCUT2D eigenvalue weighted by molar-refractivity contribution is -0.00940. The van der Waals surface area contributed by atoms with Crippen LogP contribution in [0.25, 0.3) is 0 Å². The SMILES string of the molecule is CCOc1ccc(N[C@]2(O)CSC3=NCCN32)cc1. The summed E-state index contributed by atoms with van der Waals surface area (Å²) < 4.78 is 5.40. The van der Waals surface area contributed by atoms with Gasteiger partial charge in [-0.05, 0) is 31.2 Å². The van der Waals surface area contributed by atoms with E-state index in [0.717, 1.165) is 29.7 Å². The van der Waals surface area contributed by atoms with Crippen molar-refractivity contribution in [1.82, 2.24) is 4.90 Å². The summed E-state index contributed by atoms with van der Waals surface area (Å²) in [5.41, 5.74) is 0.875. The quantitative estimate of drug-likeness (QED) is 0.819. The Kier molecular flexibility index (Phi) is 3.28. The molecule has 2 N–H and O–H groups in total. The Labute approximate surface area is 116 Å². The van der Waals surface area contributed by atoms with E-state index < -0.39 is 5.85 Å². The van der Waals surface area contributed by atoms with Crippen LogP contribution in [0.4, 0.5) is 5.69 Å². The molecule has 2 aliphatic rings. The molecule has 1 saturated heterocycles. The molecule has 1 atom stereocenters. The fraction of sp³-hybridized carbons (Fsp3) is 0.462. The first-order chi connectivity index (χ1) is 9.21. The highest BCUT2D eigenvalue weighted by Crippen LogP contribution is 2.34. The van der Waals surface area contributed by atoms with E-state index in [2.05, 4.69) is 10.3 Å². The maximum Gasteiger partial charge on any atom is 0.228 e. The Bertz CT molecular complexity index is 491. The summed E-state index contributed by atoms with van der Waals surface area (Å²) in [4.78, 5) is 6.28. The molecule has 0 unspecified atom stereocenters. The molecule has 1 fully saturated rings. The van der Waals surface area contributed by atoms with E-state index in [0.29, 0.717) is 12.4 Å². The number of ether oxygens (including phenoxy) is 1. The van der Waals surface area contributed by atoms with Crippen molar-refractivity contribution in [3.63, 3.8) is 0 Å². The van der Waals surface area contributed by atoms with Crippen LogP contribution in [0, 0.1) is 0 Å². The Morgan fingerprint density at radius 1 is 1.47 bits per heavy atom. The van der Waals surface area contributed by atoms with Crippen LogP contribution in [0.1, 0.15) is 6.92 Å². The number of hydrogen-bond donors (Lipinski definition) is 2. The highest BCUT2D eigenvalue weighted by molar-refractivity contribution is 8.14. The number of fused-ring (bicyclic) bond motifs is 1. The summed E-state index contributed by atoms with van der Waals surface area (Å²) in [7, 11) is 0. The standard InChI is InChI=1S/C13H17N3O2S/c1-2-18-11-5-3-10(4-6-11)15-13(17)9-19-12-14-7-8-16(12)13/h3-6,15,17H,2,7-9H2,1H3/t13-/m1/s1. The Morgan fingerprint density at radius 2 is 2.26 bits per heavy atom. The minimum Gasteiger partial charge on any atom is -0.494 e. The third kappa shape index (κ3) is 2.37. The zero-order valence-corrected chi connectivity index (χ0v) is 11.6. The summed E-state index contributed by atoms with van der Waals surface area (Å²) in [6.45, 7) is 4.14. The molecule has 2 aliphatic heterocycles. The smallest absolute Gasteiger partial charge is 0.228 e. The molecule has 102 valence electrons. The largest absolute Gasteiger partial charge is 0.494 e. The number of amidine groups is 1. The molecule has 2 heterocycles. The minimum atomic E-state index is -1.03. The zero-order chi connectivity index (χ0) is 13.3. The van der Waals surface area contributed by atoms with Crippen LogP contribution in [0.2, 0.25) is 0 Å². The van der Waals surface area contributed by atoms with Gasteiger partial charge in [-0.1, -0.05) is 11.8 Å². The number of aliphatic imine (C=N–C) groups is 1. The maximum atomic E-state index is 10.7. The van der Waals surface area contributed by atoms with E-state index in [4.69, 9.17) is 4.74 Å². The minimum absolute atomic E-state index is 0.582. The van der Waals surface area contributed by atoms with Crippen molar-refractivity contribution in [2.45, 2.75) is 12.8 Å². The van der Waals surface area contributed by atoms with Crippen molar-refractivity contribution >= 4 is 22.6 Å². The predicted molar refractivity (Wildman–Crippen MR) is 77.6 cm³/mol. The fourth-order valence-corrected chi connectivity index (χ4v) is 3.41. The normalized spacial score (nSPS) is 25.2. The van der Waals surface area contributed by atoms with E-state index in [1.807, 2.05) is 36.1 Å². The van der Waals surface area contributed by atoms with Crippen LogP contribution < -0.4 is 10.1 Å². The van der Waals surface area contributed by atoms with E-state index in [9.17, 15) is 5.11 Å². The van der Waals surface area contributed by atoms with Crippen molar-refractivity contribution < 1.29 is 9.84 Å². The molecular formula is C13H17N3O2S. The highest BCUT2D eigenvalue weighted by atomic mass is 32.2. The second kappa shape index (κ2) is 4.94. The molecule has 1 aromatic carbocycles. The lowest BCUT2D eigenvalue weighted by Crippen LogP contribution is -2.52. The van der Waals surface area contributed by atoms with Gasteiger partial charge in [0.05, 0.1) is 18.9 Å². The molecule has 0 aliphatic carbocycles. The van der Waals surface area contributed by atoms with Gasteiger partial charge >= 0.3 is 0 Å².